The van der Waals surface area contributed by atoms with Gasteiger partial charge in [0, 0.05) is 17.4 Å². The van der Waals surface area contributed by atoms with Gasteiger partial charge in [-0.25, -0.2) is 4.57 Å². The molecule has 20 heavy (non-hydrogen) atoms. The number of nitrogen functional groups attached to an aromatic ring is 1. The highest BCUT2D eigenvalue weighted by atomic mass is 32.7. The Balaban J connectivity index is 1.75. The summed E-state index contributed by atoms with van der Waals surface area (Å²) in [5.41, 5.74) is 7.16. The molecular formula is C12H17BNO4PS. The fourth-order valence-electron chi connectivity index (χ4n) is 1.84. The largest absolute Gasteiger partial charge is 0.399 e. The van der Waals surface area contributed by atoms with Crippen molar-refractivity contribution in [2.45, 2.75) is 30.7 Å². The quantitative estimate of drug-likeness (QED) is 0.476. The van der Waals surface area contributed by atoms with E-state index in [2.05, 4.69) is 0 Å². The van der Waals surface area contributed by atoms with Crippen molar-refractivity contribution in [1.29, 1.82) is 0 Å². The average Bonchev–Trinajstić information content (AvgIpc) is 2.82. The van der Waals surface area contributed by atoms with Crippen molar-refractivity contribution >= 4 is 31.7 Å². The van der Waals surface area contributed by atoms with Crippen molar-refractivity contribution in [1.82, 2.24) is 0 Å². The molecule has 0 saturated carbocycles. The van der Waals surface area contributed by atoms with Crippen LogP contribution < -0.4 is 5.73 Å². The van der Waals surface area contributed by atoms with Gasteiger partial charge in [0.25, 0.3) is 0 Å². The lowest BCUT2D eigenvalue weighted by molar-refractivity contribution is 0.0493. The summed E-state index contributed by atoms with van der Waals surface area (Å²) in [6.07, 6.45) is 1.31. The van der Waals surface area contributed by atoms with E-state index in [-0.39, 0.29) is 18.7 Å². The second kappa shape index (κ2) is 7.01. The number of benzene rings is 1. The van der Waals surface area contributed by atoms with Crippen molar-refractivity contribution in [3.63, 3.8) is 0 Å². The molecule has 1 aromatic rings. The maximum atomic E-state index is 11.9. The van der Waals surface area contributed by atoms with E-state index in [1.807, 2.05) is 12.1 Å². The van der Waals surface area contributed by atoms with E-state index in [9.17, 15) is 9.46 Å². The third-order valence-corrected chi connectivity index (χ3v) is 5.88. The molecule has 0 aromatic heterocycles. The molecular weight excluding hydrogens is 296 g/mol. The van der Waals surface area contributed by atoms with Gasteiger partial charge in [-0.1, -0.05) is 12.1 Å². The second-order valence-electron chi connectivity index (χ2n) is 4.65. The van der Waals surface area contributed by atoms with Crippen molar-refractivity contribution in [3.05, 3.63) is 29.8 Å². The van der Waals surface area contributed by atoms with Crippen LogP contribution in [0.15, 0.2) is 24.3 Å². The summed E-state index contributed by atoms with van der Waals surface area (Å²) in [6.45, 7) is -3.58. The average molecular weight is 313 g/mol. The molecule has 5 nitrogen and oxygen atoms in total. The van der Waals surface area contributed by atoms with E-state index < -0.39 is 6.80 Å². The van der Waals surface area contributed by atoms with E-state index in [0.29, 0.717) is 11.4 Å². The molecule has 8 heteroatoms. The zero-order valence-corrected chi connectivity index (χ0v) is 12.7. The maximum absolute atomic E-state index is 11.9. The topological polar surface area (TPSA) is 81.8 Å². The van der Waals surface area contributed by atoms with Gasteiger partial charge in [-0.05, 0) is 41.9 Å². The number of rotatable bonds is 6. The minimum Gasteiger partial charge on any atom is -0.399 e. The molecule has 1 aliphatic heterocycles. The Kier molecular flexibility index (Phi) is 5.58. The lowest BCUT2D eigenvalue weighted by Crippen LogP contribution is -2.15. The molecule has 1 aromatic carbocycles. The van der Waals surface area contributed by atoms with E-state index in [1.165, 1.54) is 0 Å². The molecule has 0 bridgehead atoms. The number of nitrogens with two attached hydrogens (primary N) is 1. The van der Waals surface area contributed by atoms with E-state index in [4.69, 9.17) is 22.8 Å². The summed E-state index contributed by atoms with van der Waals surface area (Å²) in [6, 6.07) is 6.87. The minimum absolute atomic E-state index is 0.0935. The molecule has 2 radical (unpaired) electrons. The Hall–Kier alpha value is -0.455. The van der Waals surface area contributed by atoms with Crippen LogP contribution >= 0.6 is 18.2 Å². The summed E-state index contributed by atoms with van der Waals surface area (Å²) in [7, 11) is 5.59. The van der Waals surface area contributed by atoms with Crippen molar-refractivity contribution < 1.29 is 18.7 Å². The van der Waals surface area contributed by atoms with Crippen LogP contribution in [0.1, 0.15) is 18.4 Å². The SMILES string of the molecule is [B][C@H]1CC[C@@H](COP(=O)(O)SCc2ccc(N)cc2)O1. The molecule has 0 aliphatic carbocycles. The number of hydrogen-bond donors (Lipinski definition) is 2. The lowest BCUT2D eigenvalue weighted by atomic mass is 9.97. The van der Waals surface area contributed by atoms with Crippen LogP contribution in [0.25, 0.3) is 0 Å². The van der Waals surface area contributed by atoms with Crippen molar-refractivity contribution in [2.24, 2.45) is 0 Å². The third kappa shape index (κ3) is 5.15. The molecule has 0 amide bonds. The Morgan fingerprint density at radius 2 is 2.15 bits per heavy atom. The molecule has 108 valence electrons. The van der Waals surface area contributed by atoms with Crippen LogP contribution in [0.2, 0.25) is 0 Å². The van der Waals surface area contributed by atoms with Crippen LogP contribution in [0.4, 0.5) is 5.69 Å². The van der Waals surface area contributed by atoms with E-state index >= 15 is 0 Å². The number of anilines is 1. The number of ether oxygens (including phenoxy) is 1. The molecule has 1 unspecified atom stereocenters. The highest BCUT2D eigenvalue weighted by Gasteiger charge is 2.26. The first-order chi connectivity index (χ1) is 9.44. The van der Waals surface area contributed by atoms with Gasteiger partial charge in [-0.15, -0.1) is 0 Å². The van der Waals surface area contributed by atoms with Gasteiger partial charge < -0.3 is 15.4 Å². The molecule has 1 fully saturated rings. The molecule has 1 aliphatic rings. The first-order valence-electron chi connectivity index (χ1n) is 6.32. The highest BCUT2D eigenvalue weighted by Crippen LogP contribution is 2.57. The van der Waals surface area contributed by atoms with Crippen LogP contribution in [-0.4, -0.2) is 31.5 Å². The third-order valence-electron chi connectivity index (χ3n) is 2.94. The van der Waals surface area contributed by atoms with Crippen LogP contribution in [0, 0.1) is 0 Å². The first-order valence-corrected chi connectivity index (χ1v) is 9.49. The van der Waals surface area contributed by atoms with Gasteiger partial charge in [0.2, 0.25) is 0 Å². The predicted octanol–water partition coefficient (Wildman–Crippen LogP) is 2.29. The van der Waals surface area contributed by atoms with E-state index in [1.54, 1.807) is 12.1 Å². The smallest absolute Gasteiger partial charge is 0.386 e. The molecule has 3 atom stereocenters. The minimum atomic E-state index is -3.68. The van der Waals surface area contributed by atoms with Gasteiger partial charge in [0.05, 0.1) is 12.7 Å². The monoisotopic (exact) mass is 313 g/mol. The summed E-state index contributed by atoms with van der Waals surface area (Å²) in [4.78, 5) is 9.74. The Morgan fingerprint density at radius 1 is 1.45 bits per heavy atom. The fourth-order valence-corrected chi connectivity index (χ4v) is 4.12. The highest BCUT2D eigenvalue weighted by molar-refractivity contribution is 8.54. The van der Waals surface area contributed by atoms with E-state index in [0.717, 1.165) is 29.8 Å². The van der Waals surface area contributed by atoms with Gasteiger partial charge in [0.1, 0.15) is 7.85 Å². The van der Waals surface area contributed by atoms with Crippen molar-refractivity contribution in [3.8, 4) is 0 Å². The van der Waals surface area contributed by atoms with Gasteiger partial charge in [-0.2, -0.15) is 0 Å². The van der Waals surface area contributed by atoms with Crippen LogP contribution in [0.5, 0.6) is 0 Å². The molecule has 0 spiro atoms. The fraction of sp³-hybridized carbons (Fsp3) is 0.500. The standard InChI is InChI=1S/C12H17BNO4PS/c13-12-6-5-11(18-12)7-17-19(15,16)20-8-9-1-3-10(14)4-2-9/h1-4,11-12H,5-8,14H2,(H,15,16)/t11-,12+/m0/s1. The Labute approximate surface area is 123 Å². The molecule has 2 rings (SSSR count). The zero-order chi connectivity index (χ0) is 14.6. The molecule has 1 heterocycles. The van der Waals surface area contributed by atoms with Crippen molar-refractivity contribution in [2.75, 3.05) is 12.3 Å². The molecule has 1 saturated heterocycles. The van der Waals surface area contributed by atoms with Crippen LogP contribution in [-0.2, 0) is 19.6 Å². The summed E-state index contributed by atoms with van der Waals surface area (Å²) >= 11 is 0.883. The maximum Gasteiger partial charge on any atom is 0.386 e. The normalized spacial score (nSPS) is 25.4. The lowest BCUT2D eigenvalue weighted by Gasteiger charge is -2.15. The van der Waals surface area contributed by atoms with Gasteiger partial charge in [-0.3, -0.25) is 4.52 Å². The number of hydrogen-bond acceptors (Lipinski definition) is 5. The van der Waals surface area contributed by atoms with Crippen LogP contribution in [0.3, 0.4) is 0 Å². The Morgan fingerprint density at radius 3 is 2.75 bits per heavy atom. The molecule has 3 N–H and O–H groups in total. The van der Waals surface area contributed by atoms with Gasteiger partial charge >= 0.3 is 6.80 Å². The second-order valence-corrected chi connectivity index (χ2v) is 8.55. The summed E-state index contributed by atoms with van der Waals surface area (Å²) in [5.74, 6) is 0.388. The predicted molar refractivity (Wildman–Crippen MR) is 81.6 cm³/mol. The zero-order valence-electron chi connectivity index (χ0n) is 11.0. The van der Waals surface area contributed by atoms with Gasteiger partial charge in [0.15, 0.2) is 0 Å². The first kappa shape index (κ1) is 15.9. The summed E-state index contributed by atoms with van der Waals surface area (Å²) < 4.78 is 22.3. The Bertz CT molecular complexity index is 487. The summed E-state index contributed by atoms with van der Waals surface area (Å²) in [5, 5.41) is 0.